The quantitative estimate of drug-likeness (QED) is 0.916. The lowest BCUT2D eigenvalue weighted by Crippen LogP contribution is -2.40. The highest BCUT2D eigenvalue weighted by atomic mass is 19.4. The molecule has 3 rings (SSSR count). The van der Waals surface area contributed by atoms with Crippen LogP contribution < -0.4 is 0 Å². The van der Waals surface area contributed by atoms with Gasteiger partial charge in [-0.2, -0.15) is 13.2 Å². The summed E-state index contributed by atoms with van der Waals surface area (Å²) >= 11 is 0. The van der Waals surface area contributed by atoms with Crippen molar-refractivity contribution in [1.29, 1.82) is 0 Å². The number of fused-ring (bicyclic) bond motifs is 1. The predicted molar refractivity (Wildman–Crippen MR) is 70.0 cm³/mol. The molecule has 1 aliphatic heterocycles. The molecular weight excluding hydrogens is 315 g/mol. The molecule has 1 atom stereocenters. The number of carboxylic acids is 1. The molecule has 0 saturated carbocycles. The first-order valence-corrected chi connectivity index (χ1v) is 6.74. The van der Waals surface area contributed by atoms with E-state index in [0.29, 0.717) is 5.56 Å². The van der Waals surface area contributed by atoms with Crippen molar-refractivity contribution < 1.29 is 23.1 Å². The Bertz CT molecular complexity index is 716. The van der Waals surface area contributed by atoms with E-state index in [4.69, 9.17) is 0 Å². The van der Waals surface area contributed by atoms with Crippen LogP contribution in [0, 0.1) is 0 Å². The molecule has 0 fully saturated rings. The molecule has 3 heterocycles. The summed E-state index contributed by atoms with van der Waals surface area (Å²) in [6.07, 6.45) is -1.63. The maximum atomic E-state index is 12.8. The summed E-state index contributed by atoms with van der Waals surface area (Å²) in [5.74, 6) is -2.05. The number of aliphatic carboxylic acids is 1. The molecule has 23 heavy (non-hydrogen) atoms. The maximum absolute atomic E-state index is 12.8. The fourth-order valence-electron chi connectivity index (χ4n) is 2.65. The third kappa shape index (κ3) is 2.89. The van der Waals surface area contributed by atoms with Crippen molar-refractivity contribution in [3.8, 4) is 0 Å². The van der Waals surface area contributed by atoms with E-state index in [2.05, 4.69) is 15.2 Å². The smallest absolute Gasteiger partial charge is 0.451 e. The van der Waals surface area contributed by atoms with Crippen molar-refractivity contribution in [3.05, 3.63) is 41.7 Å². The number of nitrogens with zero attached hydrogens (tertiary/aromatic N) is 5. The van der Waals surface area contributed by atoms with Crippen LogP contribution in [0.15, 0.2) is 24.5 Å². The molecule has 0 radical (unpaired) electrons. The second kappa shape index (κ2) is 5.61. The van der Waals surface area contributed by atoms with Gasteiger partial charge in [-0.25, -0.2) is 0 Å². The minimum Gasteiger partial charge on any atom is -0.480 e. The molecule has 7 nitrogen and oxygen atoms in total. The van der Waals surface area contributed by atoms with Gasteiger partial charge in [-0.15, -0.1) is 10.2 Å². The summed E-state index contributed by atoms with van der Waals surface area (Å²) in [4.78, 5) is 17.0. The van der Waals surface area contributed by atoms with E-state index in [-0.39, 0.29) is 25.5 Å². The summed E-state index contributed by atoms with van der Waals surface area (Å²) in [6, 6.07) is 2.23. The highest BCUT2D eigenvalue weighted by molar-refractivity contribution is 5.75. The fourth-order valence-corrected chi connectivity index (χ4v) is 2.65. The highest BCUT2D eigenvalue weighted by Gasteiger charge is 2.40. The van der Waals surface area contributed by atoms with Gasteiger partial charge in [0.1, 0.15) is 11.9 Å². The summed E-state index contributed by atoms with van der Waals surface area (Å²) in [5, 5.41) is 16.2. The third-order valence-electron chi connectivity index (χ3n) is 3.64. The van der Waals surface area contributed by atoms with Crippen LogP contribution in [-0.2, 0) is 24.1 Å². The Morgan fingerprint density at radius 1 is 1.30 bits per heavy atom. The van der Waals surface area contributed by atoms with Crippen LogP contribution in [-0.4, -0.2) is 42.3 Å². The second-order valence-electron chi connectivity index (χ2n) is 5.09. The predicted octanol–water partition coefficient (Wildman–Crippen LogP) is 1.33. The molecule has 0 spiro atoms. The van der Waals surface area contributed by atoms with E-state index in [1.54, 1.807) is 17.0 Å². The third-order valence-corrected chi connectivity index (χ3v) is 3.64. The van der Waals surface area contributed by atoms with Crippen molar-refractivity contribution in [2.24, 2.45) is 0 Å². The van der Waals surface area contributed by atoms with Gasteiger partial charge in [0.05, 0.1) is 6.54 Å². The molecule has 1 aliphatic rings. The van der Waals surface area contributed by atoms with Crippen LogP contribution in [0.2, 0.25) is 0 Å². The van der Waals surface area contributed by atoms with Gasteiger partial charge in [-0.1, -0.05) is 6.07 Å². The maximum Gasteiger partial charge on any atom is 0.451 e. The first-order valence-electron chi connectivity index (χ1n) is 6.74. The lowest BCUT2D eigenvalue weighted by Gasteiger charge is -2.32. The SMILES string of the molecule is O=C(O)C(c1cccnc1)N1CCn2c(nnc2C(F)(F)F)C1. The first-order chi connectivity index (χ1) is 10.9. The zero-order valence-corrected chi connectivity index (χ0v) is 11.7. The lowest BCUT2D eigenvalue weighted by molar-refractivity contribution is -0.149. The van der Waals surface area contributed by atoms with Gasteiger partial charge in [0.15, 0.2) is 0 Å². The number of hydrogen-bond donors (Lipinski definition) is 1. The molecule has 1 N–H and O–H groups in total. The molecule has 0 amide bonds. The number of hydrogen-bond acceptors (Lipinski definition) is 5. The average molecular weight is 327 g/mol. The standard InChI is InChI=1S/C13H12F3N5O2/c14-13(15,16)12-19-18-9-7-20(4-5-21(9)12)10(11(22)23)8-2-1-3-17-6-8/h1-3,6,10H,4-5,7H2,(H,22,23). The van der Waals surface area contributed by atoms with E-state index >= 15 is 0 Å². The van der Waals surface area contributed by atoms with Crippen molar-refractivity contribution in [2.75, 3.05) is 6.54 Å². The van der Waals surface area contributed by atoms with Gasteiger partial charge in [0.25, 0.3) is 0 Å². The molecule has 0 aliphatic carbocycles. The first kappa shape index (κ1) is 15.4. The van der Waals surface area contributed by atoms with Gasteiger partial charge >= 0.3 is 12.1 Å². The Kier molecular flexibility index (Phi) is 3.76. The van der Waals surface area contributed by atoms with E-state index in [9.17, 15) is 23.1 Å². The van der Waals surface area contributed by atoms with E-state index in [1.807, 2.05) is 0 Å². The van der Waals surface area contributed by atoms with Gasteiger partial charge in [-0.3, -0.25) is 14.7 Å². The van der Waals surface area contributed by atoms with Crippen molar-refractivity contribution in [1.82, 2.24) is 24.6 Å². The summed E-state index contributed by atoms with van der Waals surface area (Å²) < 4.78 is 39.4. The number of carboxylic acid groups (broad SMARTS) is 1. The molecule has 0 saturated heterocycles. The lowest BCUT2D eigenvalue weighted by atomic mass is 10.1. The monoisotopic (exact) mass is 327 g/mol. The Morgan fingerprint density at radius 3 is 2.70 bits per heavy atom. The topological polar surface area (TPSA) is 84.1 Å². The number of rotatable bonds is 3. The molecule has 10 heteroatoms. The Morgan fingerprint density at radius 2 is 2.09 bits per heavy atom. The molecule has 122 valence electrons. The van der Waals surface area contributed by atoms with Crippen LogP contribution in [0.1, 0.15) is 23.3 Å². The van der Waals surface area contributed by atoms with Crippen LogP contribution in [0.25, 0.3) is 0 Å². The van der Waals surface area contributed by atoms with Crippen molar-refractivity contribution >= 4 is 5.97 Å². The van der Waals surface area contributed by atoms with Gasteiger partial charge < -0.3 is 9.67 Å². The van der Waals surface area contributed by atoms with Crippen molar-refractivity contribution in [3.63, 3.8) is 0 Å². The summed E-state index contributed by atoms with van der Waals surface area (Å²) in [7, 11) is 0. The van der Waals surface area contributed by atoms with E-state index in [0.717, 1.165) is 4.57 Å². The number of alkyl halides is 3. The molecular formula is C13H12F3N5O2. The minimum atomic E-state index is -4.58. The Hall–Kier alpha value is -2.49. The minimum absolute atomic E-state index is 0.0266. The van der Waals surface area contributed by atoms with Crippen LogP contribution in [0.5, 0.6) is 0 Å². The summed E-state index contributed by atoms with van der Waals surface area (Å²) in [6.45, 7) is 0.0795. The molecule has 0 aromatic carbocycles. The highest BCUT2D eigenvalue weighted by Crippen LogP contribution is 2.31. The van der Waals surface area contributed by atoms with E-state index < -0.39 is 24.0 Å². The van der Waals surface area contributed by atoms with Gasteiger partial charge in [0.2, 0.25) is 5.82 Å². The fraction of sp³-hybridized carbons (Fsp3) is 0.385. The van der Waals surface area contributed by atoms with Crippen LogP contribution in [0.4, 0.5) is 13.2 Å². The average Bonchev–Trinajstić information content (AvgIpc) is 2.91. The van der Waals surface area contributed by atoms with Gasteiger partial charge in [0, 0.05) is 25.5 Å². The molecule has 1 unspecified atom stereocenters. The number of carbonyl (C=O) groups is 1. The molecule has 0 bridgehead atoms. The molecule has 2 aromatic rings. The Balaban J connectivity index is 1.89. The second-order valence-corrected chi connectivity index (χ2v) is 5.09. The van der Waals surface area contributed by atoms with Crippen LogP contribution in [0.3, 0.4) is 0 Å². The summed E-state index contributed by atoms with van der Waals surface area (Å²) in [5.41, 5.74) is 0.462. The van der Waals surface area contributed by atoms with E-state index in [1.165, 1.54) is 12.4 Å². The number of aromatic nitrogens is 4. The normalized spacial score (nSPS) is 16.8. The van der Waals surface area contributed by atoms with Crippen LogP contribution >= 0.6 is 0 Å². The number of pyridine rings is 1. The zero-order valence-electron chi connectivity index (χ0n) is 11.7. The largest absolute Gasteiger partial charge is 0.480 e. The number of halogens is 3. The Labute approximate surface area is 128 Å². The van der Waals surface area contributed by atoms with Crippen molar-refractivity contribution in [2.45, 2.75) is 25.3 Å². The van der Waals surface area contributed by atoms with Gasteiger partial charge in [-0.05, 0) is 11.6 Å². The zero-order chi connectivity index (χ0) is 16.6. The molecule has 2 aromatic heterocycles.